The molecule has 0 bridgehead atoms. The van der Waals surface area contributed by atoms with Gasteiger partial charge >= 0.3 is 0 Å². The number of rotatable bonds is 4. The smallest absolute Gasteiger partial charge is 0.0931 e. The second-order valence-corrected chi connectivity index (χ2v) is 3.41. The molecule has 0 aliphatic rings. The second kappa shape index (κ2) is 6.02. The number of H-pyrrole nitrogens is 1. The lowest BCUT2D eigenvalue weighted by Gasteiger charge is -2.04. The molecule has 0 fully saturated rings. The molecule has 2 heteroatoms. The quantitative estimate of drug-likeness (QED) is 0.740. The fourth-order valence-corrected chi connectivity index (χ4v) is 1.22. The van der Waals surface area contributed by atoms with Crippen molar-refractivity contribution in [3.05, 3.63) is 42.5 Å². The van der Waals surface area contributed by atoms with Crippen LogP contribution in [0.3, 0.4) is 0 Å². The molecule has 1 N–H and O–H groups in total. The third-order valence-corrected chi connectivity index (χ3v) is 2.11. The lowest BCUT2D eigenvalue weighted by Crippen LogP contribution is -1.90. The van der Waals surface area contributed by atoms with Gasteiger partial charge in [-0.15, -0.1) is 0 Å². The number of aromatic nitrogens is 2. The van der Waals surface area contributed by atoms with Crippen molar-refractivity contribution in [1.29, 1.82) is 0 Å². The highest BCUT2D eigenvalue weighted by Crippen LogP contribution is 2.16. The van der Waals surface area contributed by atoms with E-state index in [-0.39, 0.29) is 7.43 Å². The monoisotopic (exact) mass is 204 g/mol. The van der Waals surface area contributed by atoms with Gasteiger partial charge in [0.25, 0.3) is 0 Å². The number of hydrogen-bond acceptors (Lipinski definition) is 1. The van der Waals surface area contributed by atoms with E-state index >= 15 is 0 Å². The van der Waals surface area contributed by atoms with Crippen LogP contribution in [0, 0.1) is 5.92 Å². The first-order valence-corrected chi connectivity index (χ1v) is 4.69. The minimum Gasteiger partial charge on any atom is -0.345 e. The first kappa shape index (κ1) is 13.4. The van der Waals surface area contributed by atoms with Gasteiger partial charge in [0.15, 0.2) is 0 Å². The molecule has 2 nitrogen and oxygen atoms in total. The predicted molar refractivity (Wildman–Crippen MR) is 68.4 cm³/mol. The highest BCUT2D eigenvalue weighted by molar-refractivity contribution is 5.62. The van der Waals surface area contributed by atoms with Crippen molar-refractivity contribution in [3.63, 3.8) is 0 Å². The van der Waals surface area contributed by atoms with E-state index in [0.717, 1.165) is 11.4 Å². The van der Waals surface area contributed by atoms with Crippen LogP contribution in [0.15, 0.2) is 31.1 Å². The molecular formula is C13H20N2. The van der Waals surface area contributed by atoms with Gasteiger partial charge in [-0.3, -0.25) is 0 Å². The van der Waals surface area contributed by atoms with Crippen LogP contribution in [0.25, 0.3) is 12.2 Å². The maximum atomic E-state index is 4.13. The minimum absolute atomic E-state index is 0. The SMILES string of the molecule is C.C=C/C(=C\c1[nH]cnc1C=C)C(C)C. The van der Waals surface area contributed by atoms with Crippen LogP contribution in [0.5, 0.6) is 0 Å². The van der Waals surface area contributed by atoms with Gasteiger partial charge < -0.3 is 4.98 Å². The summed E-state index contributed by atoms with van der Waals surface area (Å²) in [6.07, 6.45) is 7.34. The van der Waals surface area contributed by atoms with E-state index in [4.69, 9.17) is 0 Å². The summed E-state index contributed by atoms with van der Waals surface area (Å²) in [4.78, 5) is 7.20. The molecule has 0 aliphatic carbocycles. The third-order valence-electron chi connectivity index (χ3n) is 2.11. The summed E-state index contributed by atoms with van der Waals surface area (Å²) in [5.41, 5.74) is 3.06. The van der Waals surface area contributed by atoms with Gasteiger partial charge in [-0.05, 0) is 23.6 Å². The van der Waals surface area contributed by atoms with Crippen molar-refractivity contribution in [1.82, 2.24) is 9.97 Å². The summed E-state index contributed by atoms with van der Waals surface area (Å²) < 4.78 is 0. The zero-order chi connectivity index (χ0) is 10.6. The van der Waals surface area contributed by atoms with Crippen LogP contribution in [-0.4, -0.2) is 9.97 Å². The summed E-state index contributed by atoms with van der Waals surface area (Å²) in [5.74, 6) is 0.466. The first-order chi connectivity index (χ1) is 6.69. The average molecular weight is 204 g/mol. The minimum atomic E-state index is 0. The van der Waals surface area contributed by atoms with E-state index in [1.54, 1.807) is 12.4 Å². The van der Waals surface area contributed by atoms with Crippen molar-refractivity contribution in [2.75, 3.05) is 0 Å². The van der Waals surface area contributed by atoms with E-state index in [0.29, 0.717) is 5.92 Å². The summed E-state index contributed by atoms with van der Waals surface area (Å²) in [6, 6.07) is 0. The van der Waals surface area contributed by atoms with Crippen LogP contribution in [0.2, 0.25) is 0 Å². The lowest BCUT2D eigenvalue weighted by molar-refractivity contribution is 0.797. The molecule has 82 valence electrons. The number of imidazole rings is 1. The fraction of sp³-hybridized carbons (Fsp3) is 0.308. The molecule has 0 unspecified atom stereocenters. The molecule has 0 radical (unpaired) electrons. The lowest BCUT2D eigenvalue weighted by atomic mass is 10.0. The summed E-state index contributed by atoms with van der Waals surface area (Å²) in [5, 5.41) is 0. The number of nitrogens with zero attached hydrogens (tertiary/aromatic N) is 1. The molecule has 1 heterocycles. The van der Waals surface area contributed by atoms with Crippen molar-refractivity contribution < 1.29 is 0 Å². The molecule has 0 spiro atoms. The van der Waals surface area contributed by atoms with E-state index in [9.17, 15) is 0 Å². The Kier molecular flexibility index (Phi) is 5.39. The Morgan fingerprint density at radius 3 is 2.60 bits per heavy atom. The molecule has 1 aromatic heterocycles. The number of allylic oxidation sites excluding steroid dienone is 2. The fourth-order valence-electron chi connectivity index (χ4n) is 1.22. The Morgan fingerprint density at radius 1 is 1.47 bits per heavy atom. The number of aromatic amines is 1. The molecule has 1 aromatic rings. The van der Waals surface area contributed by atoms with Crippen LogP contribution in [0.4, 0.5) is 0 Å². The Morgan fingerprint density at radius 2 is 2.13 bits per heavy atom. The van der Waals surface area contributed by atoms with Crippen LogP contribution in [-0.2, 0) is 0 Å². The van der Waals surface area contributed by atoms with Crippen LogP contribution in [0.1, 0.15) is 32.7 Å². The first-order valence-electron chi connectivity index (χ1n) is 4.69. The molecule has 0 aliphatic heterocycles. The van der Waals surface area contributed by atoms with Gasteiger partial charge in [0.1, 0.15) is 0 Å². The second-order valence-electron chi connectivity index (χ2n) is 3.41. The largest absolute Gasteiger partial charge is 0.345 e. The zero-order valence-electron chi connectivity index (χ0n) is 8.75. The average Bonchev–Trinajstić information content (AvgIpc) is 2.60. The normalized spacial score (nSPS) is 11.0. The molecular weight excluding hydrogens is 184 g/mol. The zero-order valence-corrected chi connectivity index (χ0v) is 8.75. The number of hydrogen-bond donors (Lipinski definition) is 1. The summed E-state index contributed by atoms with van der Waals surface area (Å²) in [6.45, 7) is 11.8. The molecule has 0 amide bonds. The van der Waals surface area contributed by atoms with Gasteiger partial charge in [-0.2, -0.15) is 0 Å². The topological polar surface area (TPSA) is 28.7 Å². The van der Waals surface area contributed by atoms with E-state index < -0.39 is 0 Å². The molecule has 0 atom stereocenters. The Hall–Kier alpha value is -1.57. The molecule has 0 saturated heterocycles. The van der Waals surface area contributed by atoms with E-state index in [1.165, 1.54) is 5.57 Å². The maximum absolute atomic E-state index is 4.13. The molecule has 15 heavy (non-hydrogen) atoms. The van der Waals surface area contributed by atoms with Gasteiger partial charge in [0.05, 0.1) is 17.7 Å². The predicted octanol–water partition coefficient (Wildman–Crippen LogP) is 3.91. The van der Waals surface area contributed by atoms with Crippen molar-refractivity contribution in [3.8, 4) is 0 Å². The van der Waals surface area contributed by atoms with Gasteiger partial charge in [0.2, 0.25) is 0 Å². The molecule has 1 rings (SSSR count). The van der Waals surface area contributed by atoms with Crippen LogP contribution >= 0.6 is 0 Å². The van der Waals surface area contributed by atoms with Crippen LogP contribution < -0.4 is 0 Å². The molecule has 0 aromatic carbocycles. The highest BCUT2D eigenvalue weighted by atomic mass is 14.9. The van der Waals surface area contributed by atoms with Gasteiger partial charge in [-0.25, -0.2) is 4.98 Å². The highest BCUT2D eigenvalue weighted by Gasteiger charge is 2.02. The number of nitrogens with one attached hydrogen (secondary N) is 1. The third kappa shape index (κ3) is 3.24. The molecule has 0 saturated carbocycles. The maximum Gasteiger partial charge on any atom is 0.0931 e. The Bertz CT molecular complexity index is 356. The van der Waals surface area contributed by atoms with Crippen molar-refractivity contribution in [2.24, 2.45) is 5.92 Å². The van der Waals surface area contributed by atoms with E-state index in [2.05, 4.69) is 43.0 Å². The summed E-state index contributed by atoms with van der Waals surface area (Å²) >= 11 is 0. The standard InChI is InChI=1S/C12H16N2.CH4/c1-5-10(9(3)4)7-12-11(6-2)13-8-14-12;/h5-9H,1-2H2,3-4H3,(H,13,14);1H4/b10-7+;. The summed E-state index contributed by atoms with van der Waals surface area (Å²) in [7, 11) is 0. The van der Waals surface area contributed by atoms with Gasteiger partial charge in [-0.1, -0.05) is 40.5 Å². The van der Waals surface area contributed by atoms with Crippen molar-refractivity contribution >= 4 is 12.2 Å². The van der Waals surface area contributed by atoms with Gasteiger partial charge in [0, 0.05) is 0 Å². The van der Waals surface area contributed by atoms with Crippen molar-refractivity contribution in [2.45, 2.75) is 21.3 Å². The van der Waals surface area contributed by atoms with E-state index in [1.807, 2.05) is 6.08 Å². The Labute approximate surface area is 92.4 Å². The Balaban J connectivity index is 0.00000196.